The Labute approximate surface area is 117 Å². The largest absolute Gasteiger partial charge is 0.241 e. The molecule has 0 spiro atoms. The summed E-state index contributed by atoms with van der Waals surface area (Å²) in [5.41, 5.74) is 4.36. The molecule has 0 saturated heterocycles. The van der Waals surface area contributed by atoms with Gasteiger partial charge < -0.3 is 0 Å². The number of hydrogen-bond acceptors (Lipinski definition) is 2. The van der Waals surface area contributed by atoms with Gasteiger partial charge in [-0.3, -0.25) is 0 Å². The SMILES string of the molecule is c1ccc(C2=Nc3cc(-c4ccccc4)nn3C2)cc1. The molecule has 2 heterocycles. The molecule has 0 atom stereocenters. The zero-order chi connectivity index (χ0) is 13.4. The van der Waals surface area contributed by atoms with E-state index >= 15 is 0 Å². The Hall–Kier alpha value is -2.68. The van der Waals surface area contributed by atoms with Gasteiger partial charge in [-0.2, -0.15) is 5.10 Å². The second kappa shape index (κ2) is 4.46. The molecular weight excluding hydrogens is 246 g/mol. The minimum atomic E-state index is 0.742. The lowest BCUT2D eigenvalue weighted by Gasteiger charge is -2.00. The van der Waals surface area contributed by atoms with Crippen LogP contribution in [0, 0.1) is 0 Å². The van der Waals surface area contributed by atoms with Gasteiger partial charge in [0.15, 0.2) is 5.82 Å². The Balaban J connectivity index is 1.70. The van der Waals surface area contributed by atoms with Crippen LogP contribution >= 0.6 is 0 Å². The highest BCUT2D eigenvalue weighted by Crippen LogP contribution is 2.28. The maximum absolute atomic E-state index is 4.69. The van der Waals surface area contributed by atoms with Crippen LogP contribution in [0.5, 0.6) is 0 Å². The Morgan fingerprint density at radius 2 is 1.45 bits per heavy atom. The molecule has 0 unspecified atom stereocenters. The smallest absolute Gasteiger partial charge is 0.151 e. The molecule has 3 aromatic rings. The third kappa shape index (κ3) is 1.84. The molecule has 1 aliphatic rings. The van der Waals surface area contributed by atoms with E-state index in [-0.39, 0.29) is 0 Å². The molecule has 0 aliphatic carbocycles. The molecule has 1 aromatic heterocycles. The molecule has 20 heavy (non-hydrogen) atoms. The van der Waals surface area contributed by atoms with Crippen LogP contribution in [-0.4, -0.2) is 15.5 Å². The van der Waals surface area contributed by atoms with Gasteiger partial charge in [-0.1, -0.05) is 60.7 Å². The lowest BCUT2D eigenvalue weighted by molar-refractivity contribution is 0.755. The molecule has 0 amide bonds. The molecule has 3 heteroatoms. The number of benzene rings is 2. The topological polar surface area (TPSA) is 30.2 Å². The van der Waals surface area contributed by atoms with Crippen molar-refractivity contribution in [3.63, 3.8) is 0 Å². The Morgan fingerprint density at radius 1 is 0.800 bits per heavy atom. The highest BCUT2D eigenvalue weighted by molar-refractivity contribution is 6.03. The monoisotopic (exact) mass is 259 g/mol. The predicted molar refractivity (Wildman–Crippen MR) is 80.3 cm³/mol. The van der Waals surface area contributed by atoms with Gasteiger partial charge in [0.05, 0.1) is 18.0 Å². The number of nitrogens with zero attached hydrogens (tertiary/aromatic N) is 3. The summed E-state index contributed by atoms with van der Waals surface area (Å²) >= 11 is 0. The van der Waals surface area contributed by atoms with E-state index < -0.39 is 0 Å². The van der Waals surface area contributed by atoms with Crippen LogP contribution in [0.2, 0.25) is 0 Å². The Kier molecular flexibility index (Phi) is 2.49. The fourth-order valence-electron chi connectivity index (χ4n) is 2.47. The van der Waals surface area contributed by atoms with Gasteiger partial charge >= 0.3 is 0 Å². The van der Waals surface area contributed by atoms with E-state index in [0.717, 1.165) is 29.3 Å². The molecule has 2 aromatic carbocycles. The van der Waals surface area contributed by atoms with E-state index in [1.165, 1.54) is 5.56 Å². The fourth-order valence-corrected chi connectivity index (χ4v) is 2.47. The van der Waals surface area contributed by atoms with Crippen LogP contribution in [0.3, 0.4) is 0 Å². The maximum atomic E-state index is 4.69. The third-order valence-electron chi connectivity index (χ3n) is 3.48. The standard InChI is InChI=1S/C17H13N3/c1-3-7-13(8-4-1)15-11-17-18-16(12-20(17)19-15)14-9-5-2-6-10-14/h1-11H,12H2. The van der Waals surface area contributed by atoms with Crippen molar-refractivity contribution in [2.75, 3.05) is 0 Å². The van der Waals surface area contributed by atoms with Gasteiger partial charge in [0.25, 0.3) is 0 Å². The molecule has 0 bridgehead atoms. The van der Waals surface area contributed by atoms with Gasteiger partial charge in [-0.25, -0.2) is 9.67 Å². The lowest BCUT2D eigenvalue weighted by atomic mass is 10.1. The zero-order valence-corrected chi connectivity index (χ0v) is 10.9. The highest BCUT2D eigenvalue weighted by Gasteiger charge is 2.18. The van der Waals surface area contributed by atoms with Gasteiger partial charge in [-0.15, -0.1) is 0 Å². The fraction of sp³-hybridized carbons (Fsp3) is 0.0588. The first-order valence-corrected chi connectivity index (χ1v) is 6.66. The van der Waals surface area contributed by atoms with Crippen molar-refractivity contribution in [1.82, 2.24) is 9.78 Å². The molecule has 0 saturated carbocycles. The second-order valence-corrected chi connectivity index (χ2v) is 4.84. The number of aromatic nitrogens is 2. The summed E-state index contributed by atoms with van der Waals surface area (Å²) in [7, 11) is 0. The van der Waals surface area contributed by atoms with Crippen molar-refractivity contribution in [3.05, 3.63) is 72.3 Å². The summed E-state index contributed by atoms with van der Waals surface area (Å²) in [6.07, 6.45) is 0. The second-order valence-electron chi connectivity index (χ2n) is 4.84. The zero-order valence-electron chi connectivity index (χ0n) is 10.9. The van der Waals surface area contributed by atoms with Crippen molar-refractivity contribution >= 4 is 11.5 Å². The number of rotatable bonds is 2. The first-order valence-electron chi connectivity index (χ1n) is 6.66. The van der Waals surface area contributed by atoms with Crippen molar-refractivity contribution in [2.24, 2.45) is 4.99 Å². The van der Waals surface area contributed by atoms with Crippen LogP contribution < -0.4 is 0 Å². The molecule has 0 N–H and O–H groups in total. The molecule has 96 valence electrons. The molecular formula is C17H13N3. The van der Waals surface area contributed by atoms with Crippen LogP contribution in [-0.2, 0) is 6.54 Å². The van der Waals surface area contributed by atoms with E-state index in [1.807, 2.05) is 47.1 Å². The van der Waals surface area contributed by atoms with Crippen LogP contribution in [0.1, 0.15) is 5.56 Å². The predicted octanol–water partition coefficient (Wildman–Crippen LogP) is 3.68. The summed E-state index contributed by atoms with van der Waals surface area (Å²) in [4.78, 5) is 4.69. The highest BCUT2D eigenvalue weighted by atomic mass is 15.3. The number of fused-ring (bicyclic) bond motifs is 1. The number of hydrogen-bond donors (Lipinski definition) is 0. The lowest BCUT2D eigenvalue weighted by Crippen LogP contribution is -2.06. The number of aliphatic imine (C=N–C) groups is 1. The maximum Gasteiger partial charge on any atom is 0.151 e. The van der Waals surface area contributed by atoms with Gasteiger partial charge in [-0.05, 0) is 5.56 Å². The van der Waals surface area contributed by atoms with E-state index in [2.05, 4.69) is 34.4 Å². The normalized spacial score (nSPS) is 13.1. The average Bonchev–Trinajstić information content (AvgIpc) is 3.08. The molecule has 4 rings (SSSR count). The Bertz CT molecular complexity index is 771. The first kappa shape index (κ1) is 11.2. The summed E-state index contributed by atoms with van der Waals surface area (Å²) in [6, 6.07) is 22.5. The van der Waals surface area contributed by atoms with E-state index in [9.17, 15) is 0 Å². The molecule has 3 nitrogen and oxygen atoms in total. The van der Waals surface area contributed by atoms with Gasteiger partial charge in [0.2, 0.25) is 0 Å². The average molecular weight is 259 g/mol. The van der Waals surface area contributed by atoms with Crippen molar-refractivity contribution in [2.45, 2.75) is 6.54 Å². The van der Waals surface area contributed by atoms with Gasteiger partial charge in [0, 0.05) is 11.6 Å². The van der Waals surface area contributed by atoms with E-state index in [1.54, 1.807) is 0 Å². The van der Waals surface area contributed by atoms with Gasteiger partial charge in [0.1, 0.15) is 0 Å². The quantitative estimate of drug-likeness (QED) is 0.690. The van der Waals surface area contributed by atoms with E-state index in [4.69, 9.17) is 0 Å². The third-order valence-corrected chi connectivity index (χ3v) is 3.48. The molecule has 0 radical (unpaired) electrons. The summed E-state index contributed by atoms with van der Waals surface area (Å²) in [5, 5.41) is 4.64. The van der Waals surface area contributed by atoms with Crippen LogP contribution in [0.15, 0.2) is 71.7 Å². The van der Waals surface area contributed by atoms with Crippen LogP contribution in [0.4, 0.5) is 5.82 Å². The van der Waals surface area contributed by atoms with Crippen molar-refractivity contribution < 1.29 is 0 Å². The summed E-state index contributed by atoms with van der Waals surface area (Å²) in [5.74, 6) is 0.933. The van der Waals surface area contributed by atoms with Crippen LogP contribution in [0.25, 0.3) is 11.3 Å². The molecule has 0 fully saturated rings. The minimum absolute atomic E-state index is 0.742. The van der Waals surface area contributed by atoms with Crippen molar-refractivity contribution in [1.29, 1.82) is 0 Å². The summed E-state index contributed by atoms with van der Waals surface area (Å²) < 4.78 is 1.96. The first-order chi connectivity index (χ1) is 9.90. The molecule has 1 aliphatic heterocycles. The minimum Gasteiger partial charge on any atom is -0.241 e. The Morgan fingerprint density at radius 3 is 2.10 bits per heavy atom. The summed E-state index contributed by atoms with van der Waals surface area (Å²) in [6.45, 7) is 0.742. The van der Waals surface area contributed by atoms with E-state index in [0.29, 0.717) is 0 Å². The van der Waals surface area contributed by atoms with Crippen molar-refractivity contribution in [3.8, 4) is 11.3 Å².